The zero-order valence-electron chi connectivity index (χ0n) is 20.4. The van der Waals surface area contributed by atoms with Crippen LogP contribution >= 0.6 is 0 Å². The zero-order valence-corrected chi connectivity index (χ0v) is 20.4. The second-order valence-electron chi connectivity index (χ2n) is 9.48. The molecular weight excluding hydrogens is 428 g/mol. The molecule has 0 aromatic heterocycles. The van der Waals surface area contributed by atoms with Crippen LogP contribution in [0.15, 0.2) is 0 Å². The van der Waals surface area contributed by atoms with Gasteiger partial charge in [0.05, 0.1) is 24.9 Å². The number of unbranched alkanes of at least 4 members (excludes halogenated alkanes) is 11. The van der Waals surface area contributed by atoms with Crippen molar-refractivity contribution in [1.29, 1.82) is 0 Å². The van der Waals surface area contributed by atoms with Crippen molar-refractivity contribution in [3.8, 4) is 0 Å². The fourth-order valence-electron chi connectivity index (χ4n) is 4.20. The van der Waals surface area contributed by atoms with E-state index in [4.69, 9.17) is 20.9 Å². The molecule has 0 spiro atoms. The van der Waals surface area contributed by atoms with Gasteiger partial charge in [-0.25, -0.2) is 0 Å². The molecule has 1 aliphatic rings. The van der Waals surface area contributed by atoms with Gasteiger partial charge in [0.25, 0.3) is 0 Å². The fraction of sp³-hybridized carbons (Fsp3) is 1.00. The van der Waals surface area contributed by atoms with E-state index < -0.39 is 49.0 Å². The van der Waals surface area contributed by atoms with Gasteiger partial charge in [0.15, 0.2) is 6.29 Å². The molecule has 0 radical (unpaired) electrons. The van der Waals surface area contributed by atoms with E-state index in [1.165, 1.54) is 57.8 Å². The van der Waals surface area contributed by atoms with Crippen LogP contribution in [0.3, 0.4) is 0 Å². The van der Waals surface area contributed by atoms with Gasteiger partial charge in [-0.05, 0) is 6.42 Å². The summed E-state index contributed by atoms with van der Waals surface area (Å²) in [5, 5.41) is 50.2. The third-order valence-electron chi connectivity index (χ3n) is 6.54. The predicted molar refractivity (Wildman–Crippen MR) is 127 cm³/mol. The summed E-state index contributed by atoms with van der Waals surface area (Å²) in [6, 6.07) is -0.895. The van der Waals surface area contributed by atoms with E-state index in [-0.39, 0.29) is 13.2 Å². The Morgan fingerprint density at radius 3 is 1.82 bits per heavy atom. The van der Waals surface area contributed by atoms with Gasteiger partial charge >= 0.3 is 0 Å². The first-order valence-corrected chi connectivity index (χ1v) is 13.0. The van der Waals surface area contributed by atoms with Crippen LogP contribution in [0.2, 0.25) is 0 Å². The van der Waals surface area contributed by atoms with E-state index >= 15 is 0 Å². The smallest absolute Gasteiger partial charge is 0.186 e. The van der Waals surface area contributed by atoms with Crippen molar-refractivity contribution in [2.75, 3.05) is 13.2 Å². The van der Waals surface area contributed by atoms with Crippen LogP contribution in [-0.2, 0) is 9.47 Å². The second kappa shape index (κ2) is 18.0. The molecule has 9 nitrogen and oxygen atoms in total. The second-order valence-corrected chi connectivity index (χ2v) is 9.48. The summed E-state index contributed by atoms with van der Waals surface area (Å²) in [5.74, 6) is 0. The van der Waals surface area contributed by atoms with E-state index in [1.54, 1.807) is 0 Å². The predicted octanol–water partition coefficient (Wildman–Crippen LogP) is 0.910. The number of aliphatic hydroxyl groups excluding tert-OH is 5. The molecule has 1 fully saturated rings. The quantitative estimate of drug-likeness (QED) is 0.133. The Kier molecular flexibility index (Phi) is 16.7. The van der Waals surface area contributed by atoms with Gasteiger partial charge in [-0.1, -0.05) is 84.0 Å². The number of hydrogen-bond donors (Lipinski definition) is 7. The molecule has 198 valence electrons. The standard InChI is InChI=1S/C24H50N2O7/c1-2-3-4-5-6-7-8-9-10-11-12-13-14-18(27)20(28)17(26)16-32-24-23(31)22(30)21(29)19(15-25)33-24/h17-24,27-31H,2-16,25-26H2,1H3/t17-,18+,19?,20-,21-,22-,23?,24-/m0/s1. The summed E-state index contributed by atoms with van der Waals surface area (Å²) in [6.45, 7) is 1.98. The maximum atomic E-state index is 10.3. The average molecular weight is 479 g/mol. The van der Waals surface area contributed by atoms with Crippen molar-refractivity contribution in [3.63, 3.8) is 0 Å². The first-order chi connectivity index (χ1) is 15.8. The minimum Gasteiger partial charge on any atom is -0.390 e. The van der Waals surface area contributed by atoms with Crippen LogP contribution in [-0.4, -0.2) is 87.6 Å². The average Bonchev–Trinajstić information content (AvgIpc) is 2.82. The zero-order chi connectivity index (χ0) is 24.6. The third-order valence-corrected chi connectivity index (χ3v) is 6.54. The number of rotatable bonds is 19. The molecule has 1 heterocycles. The van der Waals surface area contributed by atoms with Crippen LogP contribution in [0.25, 0.3) is 0 Å². The molecule has 0 aromatic rings. The third kappa shape index (κ3) is 11.7. The molecule has 0 saturated carbocycles. The lowest BCUT2D eigenvalue weighted by molar-refractivity contribution is -0.296. The molecule has 1 saturated heterocycles. The van der Waals surface area contributed by atoms with Crippen LogP contribution in [0, 0.1) is 0 Å². The van der Waals surface area contributed by atoms with Gasteiger partial charge in [0.1, 0.15) is 24.4 Å². The Balaban J connectivity index is 2.12. The molecule has 0 amide bonds. The van der Waals surface area contributed by atoms with E-state index in [0.717, 1.165) is 19.3 Å². The summed E-state index contributed by atoms with van der Waals surface area (Å²) >= 11 is 0. The van der Waals surface area contributed by atoms with Crippen LogP contribution < -0.4 is 11.5 Å². The van der Waals surface area contributed by atoms with Crippen molar-refractivity contribution in [2.24, 2.45) is 11.5 Å². The molecule has 1 aliphatic heterocycles. The number of hydrogen-bond acceptors (Lipinski definition) is 9. The van der Waals surface area contributed by atoms with Crippen LogP contribution in [0.1, 0.15) is 90.4 Å². The maximum absolute atomic E-state index is 10.3. The summed E-state index contributed by atoms with van der Waals surface area (Å²) in [4.78, 5) is 0. The molecule has 9 N–H and O–H groups in total. The largest absolute Gasteiger partial charge is 0.390 e. The Bertz CT molecular complexity index is 472. The highest BCUT2D eigenvalue weighted by molar-refractivity contribution is 4.90. The van der Waals surface area contributed by atoms with E-state index in [2.05, 4.69) is 6.92 Å². The summed E-state index contributed by atoms with van der Waals surface area (Å²) in [5.41, 5.74) is 11.4. The molecule has 33 heavy (non-hydrogen) atoms. The SMILES string of the molecule is CCCCCCCCCCCCCC[C@@H](O)[C@@H](O)[C@@H](N)CO[C@H]1OC(CN)[C@H](O)[C@H](O)C1O. The topological polar surface area (TPSA) is 172 Å². The fourth-order valence-corrected chi connectivity index (χ4v) is 4.20. The minimum absolute atomic E-state index is 0.0583. The Hall–Kier alpha value is -0.360. The molecule has 0 aromatic carbocycles. The molecule has 2 unspecified atom stereocenters. The summed E-state index contributed by atoms with van der Waals surface area (Å²) in [6.07, 6.45) is 6.66. The molecule has 0 bridgehead atoms. The first kappa shape index (κ1) is 30.7. The molecular formula is C24H50N2O7. The van der Waals surface area contributed by atoms with Crippen LogP contribution in [0.4, 0.5) is 0 Å². The van der Waals surface area contributed by atoms with E-state index in [1.807, 2.05) is 0 Å². The van der Waals surface area contributed by atoms with Crippen molar-refractivity contribution in [2.45, 2.75) is 139 Å². The highest BCUT2D eigenvalue weighted by atomic mass is 16.7. The van der Waals surface area contributed by atoms with Gasteiger partial charge < -0.3 is 46.5 Å². The monoisotopic (exact) mass is 478 g/mol. The lowest BCUT2D eigenvalue weighted by atomic mass is 9.98. The number of nitrogens with two attached hydrogens (primary N) is 2. The summed E-state index contributed by atoms with van der Waals surface area (Å²) < 4.78 is 10.8. The molecule has 9 heteroatoms. The molecule has 8 atom stereocenters. The Morgan fingerprint density at radius 1 is 0.788 bits per heavy atom. The van der Waals surface area contributed by atoms with Gasteiger partial charge in [0, 0.05) is 6.54 Å². The van der Waals surface area contributed by atoms with Crippen molar-refractivity contribution in [3.05, 3.63) is 0 Å². The molecule has 0 aliphatic carbocycles. The highest BCUT2D eigenvalue weighted by Crippen LogP contribution is 2.22. The Morgan fingerprint density at radius 2 is 1.30 bits per heavy atom. The summed E-state index contributed by atoms with van der Waals surface area (Å²) in [7, 11) is 0. The van der Waals surface area contributed by atoms with Gasteiger partial charge in [-0.3, -0.25) is 0 Å². The van der Waals surface area contributed by atoms with Crippen molar-refractivity contribution in [1.82, 2.24) is 0 Å². The normalized spacial score (nSPS) is 28.5. The van der Waals surface area contributed by atoms with Crippen LogP contribution in [0.5, 0.6) is 0 Å². The Labute approximate surface area is 199 Å². The van der Waals surface area contributed by atoms with Gasteiger partial charge in [-0.15, -0.1) is 0 Å². The van der Waals surface area contributed by atoms with Gasteiger partial charge in [-0.2, -0.15) is 0 Å². The van der Waals surface area contributed by atoms with E-state index in [0.29, 0.717) is 6.42 Å². The van der Waals surface area contributed by atoms with Gasteiger partial charge in [0.2, 0.25) is 0 Å². The van der Waals surface area contributed by atoms with Crippen molar-refractivity contribution < 1.29 is 35.0 Å². The number of ether oxygens (including phenoxy) is 2. The molecule has 1 rings (SSSR count). The maximum Gasteiger partial charge on any atom is 0.186 e. The lowest BCUT2D eigenvalue weighted by Crippen LogP contribution is -2.60. The highest BCUT2D eigenvalue weighted by Gasteiger charge is 2.44. The first-order valence-electron chi connectivity index (χ1n) is 13.0. The lowest BCUT2D eigenvalue weighted by Gasteiger charge is -2.40. The van der Waals surface area contributed by atoms with E-state index in [9.17, 15) is 25.5 Å². The minimum atomic E-state index is -1.47. The van der Waals surface area contributed by atoms with Crippen molar-refractivity contribution >= 4 is 0 Å². The number of aliphatic hydroxyl groups is 5.